The van der Waals surface area contributed by atoms with Crippen molar-refractivity contribution in [1.29, 1.82) is 0 Å². The van der Waals surface area contributed by atoms with Gasteiger partial charge >= 0.3 is 0 Å². The Bertz CT molecular complexity index is 628. The molecule has 1 aliphatic carbocycles. The molecule has 0 saturated carbocycles. The summed E-state index contributed by atoms with van der Waals surface area (Å²) in [6.45, 7) is 0. The van der Waals surface area contributed by atoms with Crippen molar-refractivity contribution in [3.8, 4) is 0 Å². The van der Waals surface area contributed by atoms with Crippen molar-refractivity contribution in [3.05, 3.63) is 56.5 Å². The third-order valence-corrected chi connectivity index (χ3v) is 5.54. The average molecular weight is 325 g/mol. The van der Waals surface area contributed by atoms with E-state index < -0.39 is 0 Å². The summed E-state index contributed by atoms with van der Waals surface area (Å²) < 4.78 is 13.6. The lowest BCUT2D eigenvalue weighted by Crippen LogP contribution is -2.42. The van der Waals surface area contributed by atoms with E-state index in [0.29, 0.717) is 12.3 Å². The quantitative estimate of drug-likeness (QED) is 0.658. The summed E-state index contributed by atoms with van der Waals surface area (Å²) in [5.41, 5.74) is 5.26. The summed E-state index contributed by atoms with van der Waals surface area (Å²) in [6, 6.07) is 7.30. The standard InChI is InChI=1S/C16H18ClFN2S/c17-13-5-4-10(8-14(13)18)9-15(20-19)11-2-1-3-16-12(11)6-7-21-16/h4-8,11,15,20H,1-3,9,19H2. The monoisotopic (exact) mass is 324 g/mol. The van der Waals surface area contributed by atoms with Gasteiger partial charge in [0.25, 0.3) is 0 Å². The second kappa shape index (κ2) is 6.44. The maximum atomic E-state index is 13.6. The van der Waals surface area contributed by atoms with Gasteiger partial charge in [-0.05, 0) is 60.4 Å². The molecule has 2 unspecified atom stereocenters. The first-order valence-electron chi connectivity index (χ1n) is 7.15. The number of rotatable bonds is 4. The minimum atomic E-state index is -0.371. The van der Waals surface area contributed by atoms with Gasteiger partial charge in [0, 0.05) is 16.8 Å². The number of fused-ring (bicyclic) bond motifs is 1. The SMILES string of the molecule is NNC(Cc1ccc(Cl)c(F)c1)C1CCCc2sccc21. The van der Waals surface area contributed by atoms with Gasteiger partial charge in [0.05, 0.1) is 5.02 Å². The van der Waals surface area contributed by atoms with Gasteiger partial charge in [-0.1, -0.05) is 17.7 Å². The highest BCUT2D eigenvalue weighted by Crippen LogP contribution is 2.37. The molecule has 0 bridgehead atoms. The molecule has 0 spiro atoms. The predicted molar refractivity (Wildman–Crippen MR) is 86.2 cm³/mol. The first kappa shape index (κ1) is 15.0. The van der Waals surface area contributed by atoms with Crippen LogP contribution < -0.4 is 11.3 Å². The van der Waals surface area contributed by atoms with E-state index in [1.54, 1.807) is 6.07 Å². The molecule has 3 rings (SSSR count). The average Bonchev–Trinajstić information content (AvgIpc) is 2.97. The van der Waals surface area contributed by atoms with Crippen LogP contribution in [0.3, 0.4) is 0 Å². The van der Waals surface area contributed by atoms with E-state index in [9.17, 15) is 4.39 Å². The topological polar surface area (TPSA) is 38.0 Å². The van der Waals surface area contributed by atoms with Crippen LogP contribution in [-0.2, 0) is 12.8 Å². The highest BCUT2D eigenvalue weighted by molar-refractivity contribution is 7.10. The maximum Gasteiger partial charge on any atom is 0.142 e. The number of nitrogens with one attached hydrogen (secondary N) is 1. The molecule has 0 radical (unpaired) electrons. The number of hydrogen-bond donors (Lipinski definition) is 2. The van der Waals surface area contributed by atoms with Gasteiger partial charge in [0.15, 0.2) is 0 Å². The zero-order valence-electron chi connectivity index (χ0n) is 11.6. The second-order valence-corrected chi connectivity index (χ2v) is 6.93. The molecular weight excluding hydrogens is 307 g/mol. The van der Waals surface area contributed by atoms with Crippen molar-refractivity contribution < 1.29 is 4.39 Å². The van der Waals surface area contributed by atoms with E-state index in [-0.39, 0.29) is 16.9 Å². The predicted octanol–water partition coefficient (Wildman–Crippen LogP) is 4.04. The molecule has 0 saturated heterocycles. The lowest BCUT2D eigenvalue weighted by Gasteiger charge is -2.30. The molecular formula is C16H18ClFN2S. The first-order valence-corrected chi connectivity index (χ1v) is 8.41. The lowest BCUT2D eigenvalue weighted by atomic mass is 9.80. The van der Waals surface area contributed by atoms with E-state index in [4.69, 9.17) is 17.4 Å². The largest absolute Gasteiger partial charge is 0.271 e. The van der Waals surface area contributed by atoms with Gasteiger partial charge in [-0.2, -0.15) is 0 Å². The zero-order valence-corrected chi connectivity index (χ0v) is 13.2. The number of nitrogens with two attached hydrogens (primary N) is 1. The lowest BCUT2D eigenvalue weighted by molar-refractivity contribution is 0.397. The van der Waals surface area contributed by atoms with Crippen LogP contribution in [0.4, 0.5) is 4.39 Å². The van der Waals surface area contributed by atoms with E-state index >= 15 is 0 Å². The van der Waals surface area contributed by atoms with Crippen LogP contribution >= 0.6 is 22.9 Å². The van der Waals surface area contributed by atoms with E-state index in [1.807, 2.05) is 17.4 Å². The molecule has 1 heterocycles. The summed E-state index contributed by atoms with van der Waals surface area (Å²) in [5.74, 6) is 5.80. The molecule has 1 aliphatic rings. The van der Waals surface area contributed by atoms with Gasteiger partial charge in [-0.15, -0.1) is 11.3 Å². The van der Waals surface area contributed by atoms with Crippen molar-refractivity contribution in [1.82, 2.24) is 5.43 Å². The van der Waals surface area contributed by atoms with Crippen LogP contribution in [0.2, 0.25) is 5.02 Å². The van der Waals surface area contributed by atoms with Crippen molar-refractivity contribution in [2.75, 3.05) is 0 Å². The Morgan fingerprint density at radius 1 is 1.43 bits per heavy atom. The summed E-state index contributed by atoms with van der Waals surface area (Å²) in [4.78, 5) is 1.47. The van der Waals surface area contributed by atoms with Crippen LogP contribution in [0, 0.1) is 5.82 Å². The van der Waals surface area contributed by atoms with E-state index in [2.05, 4.69) is 16.9 Å². The molecule has 2 aromatic rings. The molecule has 1 aromatic heterocycles. The minimum absolute atomic E-state index is 0.110. The number of hydrogen-bond acceptors (Lipinski definition) is 3. The molecule has 0 aliphatic heterocycles. The second-order valence-electron chi connectivity index (χ2n) is 5.52. The number of aryl methyl sites for hydroxylation is 1. The third-order valence-electron chi connectivity index (χ3n) is 4.24. The fourth-order valence-electron chi connectivity index (χ4n) is 3.18. The van der Waals surface area contributed by atoms with E-state index in [0.717, 1.165) is 18.4 Å². The highest BCUT2D eigenvalue weighted by Gasteiger charge is 2.28. The van der Waals surface area contributed by atoms with Gasteiger partial charge < -0.3 is 0 Å². The Morgan fingerprint density at radius 2 is 2.29 bits per heavy atom. The number of benzene rings is 1. The molecule has 112 valence electrons. The summed E-state index contributed by atoms with van der Waals surface area (Å²) >= 11 is 7.56. The van der Waals surface area contributed by atoms with Gasteiger partial charge in [0.1, 0.15) is 5.82 Å². The van der Waals surface area contributed by atoms with Crippen LogP contribution in [0.5, 0.6) is 0 Å². The third kappa shape index (κ3) is 3.14. The molecule has 0 fully saturated rings. The van der Waals surface area contributed by atoms with Crippen LogP contribution in [0.15, 0.2) is 29.6 Å². The molecule has 21 heavy (non-hydrogen) atoms. The van der Waals surface area contributed by atoms with Crippen LogP contribution in [0.1, 0.15) is 34.8 Å². The molecule has 1 aromatic carbocycles. The number of halogens is 2. The van der Waals surface area contributed by atoms with Gasteiger partial charge in [-0.25, -0.2) is 4.39 Å². The molecule has 3 N–H and O–H groups in total. The van der Waals surface area contributed by atoms with Crippen molar-refractivity contribution >= 4 is 22.9 Å². The van der Waals surface area contributed by atoms with Crippen molar-refractivity contribution in [2.45, 2.75) is 37.6 Å². The molecule has 2 nitrogen and oxygen atoms in total. The van der Waals surface area contributed by atoms with Crippen LogP contribution in [0.25, 0.3) is 0 Å². The number of hydrazine groups is 1. The summed E-state index contributed by atoms with van der Waals surface area (Å²) in [5, 5.41) is 2.31. The summed E-state index contributed by atoms with van der Waals surface area (Å²) in [6.07, 6.45) is 4.17. The van der Waals surface area contributed by atoms with Crippen molar-refractivity contribution in [3.63, 3.8) is 0 Å². The number of thiophene rings is 1. The van der Waals surface area contributed by atoms with E-state index in [1.165, 1.54) is 22.9 Å². The fourth-order valence-corrected chi connectivity index (χ4v) is 4.29. The molecule has 0 amide bonds. The Kier molecular flexibility index (Phi) is 4.60. The van der Waals surface area contributed by atoms with Gasteiger partial charge in [0.2, 0.25) is 0 Å². The Morgan fingerprint density at radius 3 is 3.05 bits per heavy atom. The Hall–Kier alpha value is -0.940. The molecule has 2 atom stereocenters. The Balaban J connectivity index is 1.81. The minimum Gasteiger partial charge on any atom is -0.271 e. The maximum absolute atomic E-state index is 13.6. The zero-order chi connectivity index (χ0) is 14.8. The van der Waals surface area contributed by atoms with Gasteiger partial charge in [-0.3, -0.25) is 11.3 Å². The van der Waals surface area contributed by atoms with Crippen LogP contribution in [-0.4, -0.2) is 6.04 Å². The smallest absolute Gasteiger partial charge is 0.142 e. The fraction of sp³-hybridized carbons (Fsp3) is 0.375. The first-order chi connectivity index (χ1) is 10.2. The summed E-state index contributed by atoms with van der Waals surface area (Å²) in [7, 11) is 0. The Labute approximate surface area is 133 Å². The molecule has 5 heteroatoms. The van der Waals surface area contributed by atoms with Crippen molar-refractivity contribution in [2.24, 2.45) is 5.84 Å². The normalized spacial score (nSPS) is 19.3. The highest BCUT2D eigenvalue weighted by atomic mass is 35.5.